The largest absolute Gasteiger partial charge is 0.480 e. The van der Waals surface area contributed by atoms with Crippen LogP contribution in [-0.2, 0) is 0 Å². The first-order chi connectivity index (χ1) is 13.2. The maximum atomic E-state index is 13.2. The highest BCUT2D eigenvalue weighted by Gasteiger charge is 2.29. The molecule has 4 rings (SSSR count). The minimum absolute atomic E-state index is 0.0313. The molecule has 0 saturated carbocycles. The normalized spacial score (nSPS) is 17.1. The van der Waals surface area contributed by atoms with Crippen LogP contribution < -0.4 is 9.47 Å². The van der Waals surface area contributed by atoms with Gasteiger partial charge in [0.2, 0.25) is 11.8 Å². The molecule has 140 valence electrons. The highest BCUT2D eigenvalue weighted by atomic mass is 16.5. The minimum Gasteiger partial charge on any atom is -0.480 e. The summed E-state index contributed by atoms with van der Waals surface area (Å²) < 4.78 is 12.9. The number of nitrogens with zero attached hydrogens (tertiary/aromatic N) is 5. The third-order valence-electron chi connectivity index (χ3n) is 4.66. The Hall–Kier alpha value is -3.16. The van der Waals surface area contributed by atoms with Crippen LogP contribution in [0.1, 0.15) is 29.0 Å². The van der Waals surface area contributed by atoms with E-state index in [9.17, 15) is 4.79 Å². The molecule has 0 radical (unpaired) electrons. The predicted molar refractivity (Wildman–Crippen MR) is 98.1 cm³/mol. The highest BCUT2D eigenvalue weighted by molar-refractivity contribution is 5.94. The van der Waals surface area contributed by atoms with Crippen LogP contribution in [0.15, 0.2) is 36.8 Å². The van der Waals surface area contributed by atoms with E-state index >= 15 is 0 Å². The predicted octanol–water partition coefficient (Wildman–Crippen LogP) is 2.12. The van der Waals surface area contributed by atoms with Gasteiger partial charge in [-0.3, -0.25) is 14.2 Å². The van der Waals surface area contributed by atoms with Crippen LogP contribution in [0.3, 0.4) is 0 Å². The van der Waals surface area contributed by atoms with Gasteiger partial charge in [0.05, 0.1) is 31.7 Å². The van der Waals surface area contributed by atoms with Crippen molar-refractivity contribution < 1.29 is 14.3 Å². The molecule has 0 bridgehead atoms. The molecule has 0 N–H and O–H groups in total. The van der Waals surface area contributed by atoms with Gasteiger partial charge in [0.1, 0.15) is 17.4 Å². The van der Waals surface area contributed by atoms with Crippen molar-refractivity contribution in [3.05, 3.63) is 48.2 Å². The summed E-state index contributed by atoms with van der Waals surface area (Å²) in [4.78, 5) is 27.8. The summed E-state index contributed by atoms with van der Waals surface area (Å²) in [6.07, 6.45) is 6.53. The third-order valence-corrected chi connectivity index (χ3v) is 4.66. The fourth-order valence-corrected chi connectivity index (χ4v) is 3.40. The number of carbonyl (C=O) groups is 1. The molecule has 1 amide bonds. The number of hydrogen-bond donors (Lipinski definition) is 0. The number of ether oxygens (including phenoxy) is 2. The molecule has 3 aromatic rings. The average Bonchev–Trinajstić information content (AvgIpc) is 3.03. The Morgan fingerprint density at radius 1 is 1.22 bits per heavy atom. The van der Waals surface area contributed by atoms with E-state index in [1.165, 1.54) is 13.3 Å². The van der Waals surface area contributed by atoms with E-state index < -0.39 is 0 Å². The van der Waals surface area contributed by atoms with Crippen molar-refractivity contribution in [2.24, 2.45) is 0 Å². The summed E-state index contributed by atoms with van der Waals surface area (Å²) in [5.74, 6) is 0.772. The Morgan fingerprint density at radius 2 is 2.07 bits per heavy atom. The monoisotopic (exact) mass is 367 g/mol. The van der Waals surface area contributed by atoms with Gasteiger partial charge in [-0.25, -0.2) is 4.98 Å². The van der Waals surface area contributed by atoms with Crippen LogP contribution in [0.25, 0.3) is 5.65 Å². The summed E-state index contributed by atoms with van der Waals surface area (Å²) >= 11 is 0. The molecule has 1 aliphatic heterocycles. The molecule has 1 unspecified atom stereocenters. The van der Waals surface area contributed by atoms with Gasteiger partial charge in [0.15, 0.2) is 0 Å². The van der Waals surface area contributed by atoms with Gasteiger partial charge < -0.3 is 14.4 Å². The lowest BCUT2D eigenvalue weighted by Crippen LogP contribution is -2.45. The van der Waals surface area contributed by atoms with E-state index in [1.54, 1.807) is 6.20 Å². The van der Waals surface area contributed by atoms with Gasteiger partial charge in [-0.05, 0) is 31.9 Å². The number of amides is 1. The van der Waals surface area contributed by atoms with Crippen molar-refractivity contribution in [2.45, 2.75) is 25.9 Å². The molecule has 1 fully saturated rings. The topological polar surface area (TPSA) is 81.9 Å². The van der Waals surface area contributed by atoms with Crippen molar-refractivity contribution in [2.75, 3.05) is 20.2 Å². The molecule has 27 heavy (non-hydrogen) atoms. The maximum Gasteiger partial charge on any atom is 0.272 e. The maximum absolute atomic E-state index is 13.2. The van der Waals surface area contributed by atoms with E-state index in [2.05, 4.69) is 15.0 Å². The molecule has 3 aromatic heterocycles. The van der Waals surface area contributed by atoms with Gasteiger partial charge in [0.25, 0.3) is 5.91 Å². The Kier molecular flexibility index (Phi) is 4.62. The molecule has 1 saturated heterocycles. The van der Waals surface area contributed by atoms with Gasteiger partial charge in [-0.2, -0.15) is 4.98 Å². The zero-order valence-electron chi connectivity index (χ0n) is 15.3. The highest BCUT2D eigenvalue weighted by Crippen LogP contribution is 2.21. The summed E-state index contributed by atoms with van der Waals surface area (Å²) in [5, 5.41) is 0. The number of fused-ring (bicyclic) bond motifs is 1. The zero-order valence-corrected chi connectivity index (χ0v) is 15.3. The molecule has 0 aliphatic carbocycles. The van der Waals surface area contributed by atoms with Gasteiger partial charge in [0, 0.05) is 12.7 Å². The van der Waals surface area contributed by atoms with Gasteiger partial charge in [-0.15, -0.1) is 0 Å². The lowest BCUT2D eigenvalue weighted by molar-refractivity contribution is 0.0518. The first-order valence-electron chi connectivity index (χ1n) is 8.91. The summed E-state index contributed by atoms with van der Waals surface area (Å²) in [5.41, 5.74) is 2.11. The van der Waals surface area contributed by atoms with Crippen LogP contribution in [0.4, 0.5) is 0 Å². The number of rotatable bonds is 4. The lowest BCUT2D eigenvalue weighted by atomic mass is 10.1. The quantitative estimate of drug-likeness (QED) is 0.703. The Balaban J connectivity index is 1.52. The second kappa shape index (κ2) is 7.22. The average molecular weight is 367 g/mol. The first-order valence-corrected chi connectivity index (χ1v) is 8.91. The minimum atomic E-state index is -0.136. The molecule has 1 aliphatic rings. The van der Waals surface area contributed by atoms with Gasteiger partial charge >= 0.3 is 0 Å². The van der Waals surface area contributed by atoms with Crippen LogP contribution in [-0.4, -0.2) is 56.5 Å². The lowest BCUT2D eigenvalue weighted by Gasteiger charge is -2.32. The number of likely N-dealkylation sites (tertiary alicyclic amines) is 1. The standard InChI is InChI=1S/C19H21N5O3/c1-13-18(24-9-4-3-7-15(24)21-13)19(25)23-8-5-6-14(12-23)27-17-11-20-10-16(22-17)26-2/h3-4,7,9-11,14H,5-6,8,12H2,1-2H3. The summed E-state index contributed by atoms with van der Waals surface area (Å²) in [6.45, 7) is 3.06. The Bertz CT molecular complexity index is 971. The Morgan fingerprint density at radius 3 is 2.93 bits per heavy atom. The molecule has 0 spiro atoms. The van der Waals surface area contributed by atoms with E-state index in [1.807, 2.05) is 40.6 Å². The second-order valence-corrected chi connectivity index (χ2v) is 6.51. The van der Waals surface area contributed by atoms with Crippen molar-refractivity contribution >= 4 is 11.6 Å². The number of imidazole rings is 1. The van der Waals surface area contributed by atoms with E-state index in [-0.39, 0.29) is 12.0 Å². The molecule has 0 aromatic carbocycles. The number of carbonyl (C=O) groups excluding carboxylic acids is 1. The van der Waals surface area contributed by atoms with Crippen LogP contribution >= 0.6 is 0 Å². The van der Waals surface area contributed by atoms with E-state index in [0.717, 1.165) is 24.2 Å². The van der Waals surface area contributed by atoms with Crippen LogP contribution in [0.5, 0.6) is 11.8 Å². The molecule has 8 nitrogen and oxygen atoms in total. The van der Waals surface area contributed by atoms with E-state index in [4.69, 9.17) is 9.47 Å². The van der Waals surface area contributed by atoms with Crippen molar-refractivity contribution in [3.8, 4) is 11.8 Å². The second-order valence-electron chi connectivity index (χ2n) is 6.51. The van der Waals surface area contributed by atoms with Crippen molar-refractivity contribution in [3.63, 3.8) is 0 Å². The third kappa shape index (κ3) is 3.42. The molecule has 8 heteroatoms. The molecule has 1 atom stereocenters. The summed E-state index contributed by atoms with van der Waals surface area (Å²) in [6, 6.07) is 5.71. The van der Waals surface area contributed by atoms with Crippen molar-refractivity contribution in [1.82, 2.24) is 24.3 Å². The van der Waals surface area contributed by atoms with Crippen LogP contribution in [0, 0.1) is 6.92 Å². The number of pyridine rings is 1. The van der Waals surface area contributed by atoms with Crippen LogP contribution in [0.2, 0.25) is 0 Å². The zero-order chi connectivity index (χ0) is 18.8. The number of aromatic nitrogens is 4. The van der Waals surface area contributed by atoms with Gasteiger partial charge in [-0.1, -0.05) is 6.07 Å². The molecular weight excluding hydrogens is 346 g/mol. The SMILES string of the molecule is COc1cncc(OC2CCCN(C(=O)c3c(C)nc4ccccn34)C2)n1. The number of piperidine rings is 1. The molecular formula is C19H21N5O3. The smallest absolute Gasteiger partial charge is 0.272 e. The van der Waals surface area contributed by atoms with Crippen molar-refractivity contribution in [1.29, 1.82) is 0 Å². The number of aryl methyl sites for hydroxylation is 1. The fraction of sp³-hybridized carbons (Fsp3) is 0.368. The molecule has 4 heterocycles. The fourth-order valence-electron chi connectivity index (χ4n) is 3.40. The Labute approximate surface area is 156 Å². The summed E-state index contributed by atoms with van der Waals surface area (Å²) in [7, 11) is 1.53. The first kappa shape index (κ1) is 17.3. The van der Waals surface area contributed by atoms with E-state index in [0.29, 0.717) is 30.5 Å². The number of hydrogen-bond acceptors (Lipinski definition) is 6. The number of methoxy groups -OCH3 is 1.